The first-order valence-electron chi connectivity index (χ1n) is 2.58. The minimum atomic E-state index is -1.83. The van der Waals surface area contributed by atoms with Gasteiger partial charge in [-0.15, -0.1) is 13.2 Å². The van der Waals surface area contributed by atoms with Gasteiger partial charge in [-0.2, -0.15) is 0 Å². The van der Waals surface area contributed by atoms with Gasteiger partial charge in [-0.3, -0.25) is 0 Å². The molecular weight excluding hydrogens is 168 g/mol. The van der Waals surface area contributed by atoms with Gasteiger partial charge in [0.2, 0.25) is 0 Å². The predicted octanol–water partition coefficient (Wildman–Crippen LogP) is 1.42. The molecular formula is C6H12O6. The average Bonchev–Trinajstić information content (AvgIpc) is 2.06. The lowest BCUT2D eigenvalue weighted by molar-refractivity contribution is 0.0924. The van der Waals surface area contributed by atoms with Gasteiger partial charge in [0.25, 0.3) is 0 Å². The summed E-state index contributed by atoms with van der Waals surface area (Å²) in [5.41, 5.74) is 0. The highest BCUT2D eigenvalue weighted by atomic mass is 16.7. The number of carboxylic acid groups (broad SMARTS) is 2. The maximum absolute atomic E-state index is 9.74. The van der Waals surface area contributed by atoms with Crippen molar-refractivity contribution in [2.24, 2.45) is 0 Å². The second kappa shape index (κ2) is 16.1. The van der Waals surface area contributed by atoms with Crippen molar-refractivity contribution in [3.63, 3.8) is 0 Å². The van der Waals surface area contributed by atoms with E-state index in [1.54, 1.807) is 0 Å². The minimum absolute atomic E-state index is 0.657. The van der Waals surface area contributed by atoms with Gasteiger partial charge in [0.15, 0.2) is 0 Å². The summed E-state index contributed by atoms with van der Waals surface area (Å²) < 4.78 is 8.08. The van der Waals surface area contributed by atoms with Gasteiger partial charge in [-0.05, 0) is 0 Å². The molecule has 0 aliphatic carbocycles. The molecule has 0 aliphatic heterocycles. The molecule has 2 N–H and O–H groups in total. The number of carbonyl (C=O) groups is 2. The van der Waals surface area contributed by atoms with E-state index in [0.717, 1.165) is 0 Å². The summed E-state index contributed by atoms with van der Waals surface area (Å²) in [7, 11) is 2.51. The van der Waals surface area contributed by atoms with Crippen LogP contribution in [-0.2, 0) is 9.47 Å². The molecule has 0 heterocycles. The van der Waals surface area contributed by atoms with E-state index in [9.17, 15) is 4.79 Å². The molecule has 0 aromatic heterocycles. The SMILES string of the molecule is C=C.COC(=O)OC.O=C(O)O. The third-order valence-corrected chi connectivity index (χ3v) is 0.333. The number of carbonyl (C=O) groups excluding carboxylic acids is 1. The van der Waals surface area contributed by atoms with Crippen LogP contribution in [0.25, 0.3) is 0 Å². The lowest BCUT2D eigenvalue weighted by Gasteiger charge is -1.89. The summed E-state index contributed by atoms with van der Waals surface area (Å²) in [6, 6.07) is 0. The summed E-state index contributed by atoms with van der Waals surface area (Å²) in [6.45, 7) is 6.00. The third kappa shape index (κ3) is 84.4. The topological polar surface area (TPSA) is 93.1 Å². The fraction of sp³-hybridized carbons (Fsp3) is 0.333. The molecule has 12 heavy (non-hydrogen) atoms. The molecule has 0 fully saturated rings. The molecule has 0 amide bonds. The lowest BCUT2D eigenvalue weighted by Crippen LogP contribution is -1.97. The fourth-order valence-corrected chi connectivity index (χ4v) is 0.0833. The standard InChI is InChI=1S/C3H6O3.C2H4.CH2O3/c1-5-3(4)6-2;1-2;2-1(3)4/h1-2H3;1-2H2;(H2,2,3,4). The van der Waals surface area contributed by atoms with Crippen LogP contribution in [0.5, 0.6) is 0 Å². The van der Waals surface area contributed by atoms with Gasteiger partial charge in [0.05, 0.1) is 14.2 Å². The minimum Gasteiger partial charge on any atom is -0.450 e. The van der Waals surface area contributed by atoms with E-state index in [-0.39, 0.29) is 0 Å². The largest absolute Gasteiger partial charge is 0.507 e. The van der Waals surface area contributed by atoms with Crippen molar-refractivity contribution in [2.45, 2.75) is 0 Å². The summed E-state index contributed by atoms with van der Waals surface area (Å²) in [6.07, 6.45) is -2.49. The quantitative estimate of drug-likeness (QED) is 0.432. The van der Waals surface area contributed by atoms with E-state index in [4.69, 9.17) is 15.0 Å². The second-order valence-corrected chi connectivity index (χ2v) is 0.941. The Kier molecular flexibility index (Phi) is 22.5. The van der Waals surface area contributed by atoms with Crippen molar-refractivity contribution < 1.29 is 29.3 Å². The monoisotopic (exact) mass is 180 g/mol. The summed E-state index contributed by atoms with van der Waals surface area (Å²) in [5.74, 6) is 0. The third-order valence-electron chi connectivity index (χ3n) is 0.333. The van der Waals surface area contributed by atoms with Crippen molar-refractivity contribution in [1.82, 2.24) is 0 Å². The van der Waals surface area contributed by atoms with Crippen LogP contribution in [-0.4, -0.2) is 36.7 Å². The van der Waals surface area contributed by atoms with E-state index in [1.807, 2.05) is 0 Å². The van der Waals surface area contributed by atoms with E-state index < -0.39 is 12.3 Å². The Morgan fingerprint density at radius 1 is 1.08 bits per heavy atom. The van der Waals surface area contributed by atoms with Crippen molar-refractivity contribution in [3.8, 4) is 0 Å². The summed E-state index contributed by atoms with van der Waals surface area (Å²) in [5, 5.41) is 13.9. The van der Waals surface area contributed by atoms with Gasteiger partial charge < -0.3 is 19.7 Å². The number of hydrogen-bond acceptors (Lipinski definition) is 4. The molecule has 0 saturated heterocycles. The van der Waals surface area contributed by atoms with E-state index in [2.05, 4.69) is 22.6 Å². The van der Waals surface area contributed by atoms with Crippen LogP contribution >= 0.6 is 0 Å². The van der Waals surface area contributed by atoms with E-state index in [1.165, 1.54) is 14.2 Å². The molecule has 6 heteroatoms. The fourth-order valence-electron chi connectivity index (χ4n) is 0.0833. The highest BCUT2D eigenvalue weighted by Crippen LogP contribution is 1.72. The molecule has 0 saturated carbocycles. The Balaban J connectivity index is -0.000000118. The van der Waals surface area contributed by atoms with Crippen LogP contribution < -0.4 is 0 Å². The predicted molar refractivity (Wildman–Crippen MR) is 41.3 cm³/mol. The molecule has 0 spiro atoms. The highest BCUT2D eigenvalue weighted by molar-refractivity contribution is 5.59. The van der Waals surface area contributed by atoms with Crippen LogP contribution in [0, 0.1) is 0 Å². The number of rotatable bonds is 0. The molecule has 0 aromatic rings. The maximum Gasteiger partial charge on any atom is 0.507 e. The first-order valence-corrected chi connectivity index (χ1v) is 2.58. The number of hydrogen-bond donors (Lipinski definition) is 2. The van der Waals surface area contributed by atoms with Crippen LogP contribution in [0.4, 0.5) is 9.59 Å². The molecule has 0 aromatic carbocycles. The van der Waals surface area contributed by atoms with Crippen molar-refractivity contribution >= 4 is 12.3 Å². The van der Waals surface area contributed by atoms with Gasteiger partial charge >= 0.3 is 12.3 Å². The first-order chi connectivity index (χ1) is 5.54. The van der Waals surface area contributed by atoms with Gasteiger partial charge in [0.1, 0.15) is 0 Å². The number of ether oxygens (including phenoxy) is 2. The molecule has 72 valence electrons. The number of methoxy groups -OCH3 is 2. The Morgan fingerprint density at radius 3 is 1.25 bits per heavy atom. The maximum atomic E-state index is 9.74. The highest BCUT2D eigenvalue weighted by Gasteiger charge is 1.88. The first kappa shape index (κ1) is 16.7. The van der Waals surface area contributed by atoms with Crippen molar-refractivity contribution in [3.05, 3.63) is 13.2 Å². The smallest absolute Gasteiger partial charge is 0.450 e. The van der Waals surface area contributed by atoms with Crippen LogP contribution in [0.2, 0.25) is 0 Å². The molecule has 0 aliphatic rings. The summed E-state index contributed by atoms with van der Waals surface area (Å²) in [4.78, 5) is 18.3. The van der Waals surface area contributed by atoms with Gasteiger partial charge in [-0.25, -0.2) is 9.59 Å². The average molecular weight is 180 g/mol. The zero-order valence-corrected chi connectivity index (χ0v) is 6.94. The van der Waals surface area contributed by atoms with E-state index >= 15 is 0 Å². The van der Waals surface area contributed by atoms with Gasteiger partial charge in [0, 0.05) is 0 Å². The Morgan fingerprint density at radius 2 is 1.25 bits per heavy atom. The Bertz CT molecular complexity index is 111. The van der Waals surface area contributed by atoms with Crippen molar-refractivity contribution in [1.29, 1.82) is 0 Å². The summed E-state index contributed by atoms with van der Waals surface area (Å²) >= 11 is 0. The van der Waals surface area contributed by atoms with Crippen LogP contribution in [0.3, 0.4) is 0 Å². The molecule has 0 radical (unpaired) electrons. The van der Waals surface area contributed by atoms with Crippen LogP contribution in [0.15, 0.2) is 13.2 Å². The van der Waals surface area contributed by atoms with Gasteiger partial charge in [-0.1, -0.05) is 0 Å². The zero-order valence-electron chi connectivity index (χ0n) is 6.94. The molecule has 0 unspecified atom stereocenters. The molecule has 6 nitrogen and oxygen atoms in total. The molecule has 0 bridgehead atoms. The molecule has 0 atom stereocenters. The lowest BCUT2D eigenvalue weighted by atomic mass is 11.3. The zero-order chi connectivity index (χ0) is 10.6. The van der Waals surface area contributed by atoms with Crippen molar-refractivity contribution in [2.75, 3.05) is 14.2 Å². The normalized spacial score (nSPS) is 5.83. The Hall–Kier alpha value is -1.72. The van der Waals surface area contributed by atoms with Crippen LogP contribution in [0.1, 0.15) is 0 Å². The molecule has 0 rings (SSSR count). The second-order valence-electron chi connectivity index (χ2n) is 0.941. The Labute approximate surface area is 70.0 Å². The van der Waals surface area contributed by atoms with E-state index in [0.29, 0.717) is 0 Å².